The minimum absolute atomic E-state index is 0.115. The van der Waals surface area contributed by atoms with Gasteiger partial charge in [-0.3, -0.25) is 4.57 Å². The fraction of sp³-hybridized carbons (Fsp3) is 0.500. The number of ether oxygens (including phenoxy) is 1. The van der Waals surface area contributed by atoms with Crippen molar-refractivity contribution < 1.29 is 14.9 Å². The van der Waals surface area contributed by atoms with Gasteiger partial charge in [0.25, 0.3) is 0 Å². The highest BCUT2D eigenvalue weighted by atomic mass is 32.1. The number of imidazole rings is 1. The molecule has 1 aliphatic heterocycles. The Morgan fingerprint density at radius 2 is 2.29 bits per heavy atom. The Balaban J connectivity index is 2.20. The van der Waals surface area contributed by atoms with Gasteiger partial charge in [0.15, 0.2) is 17.4 Å². The number of nitrogens with two attached hydrogens (primary N) is 2. The number of aromatic nitrogens is 4. The van der Waals surface area contributed by atoms with Gasteiger partial charge in [-0.15, -0.1) is 5.92 Å². The van der Waals surface area contributed by atoms with Crippen LogP contribution in [0.5, 0.6) is 0 Å². The van der Waals surface area contributed by atoms with E-state index in [4.69, 9.17) is 28.4 Å². The van der Waals surface area contributed by atoms with Crippen molar-refractivity contribution in [1.29, 1.82) is 0 Å². The molecule has 10 heteroatoms. The summed E-state index contributed by atoms with van der Waals surface area (Å²) in [5.74, 6) is 5.60. The molecule has 2 aromatic rings. The summed E-state index contributed by atoms with van der Waals surface area (Å²) in [5, 5.41) is 20.4. The third-order valence-corrected chi connectivity index (χ3v) is 4.31. The van der Waals surface area contributed by atoms with Crippen LogP contribution in [0.1, 0.15) is 20.1 Å². The number of nitrogens with zero attached hydrogens (tertiary/aromatic N) is 3. The van der Waals surface area contributed by atoms with Crippen molar-refractivity contribution in [3.05, 3.63) is 11.0 Å². The van der Waals surface area contributed by atoms with Gasteiger partial charge in [0.2, 0.25) is 5.95 Å². The molecule has 1 fully saturated rings. The smallest absolute Gasteiger partial charge is 0.200 e. The van der Waals surface area contributed by atoms with Crippen molar-refractivity contribution in [2.24, 2.45) is 5.73 Å². The van der Waals surface area contributed by atoms with Crippen molar-refractivity contribution in [3.8, 4) is 11.8 Å². The van der Waals surface area contributed by atoms with Crippen LogP contribution in [0.15, 0.2) is 6.33 Å². The highest BCUT2D eigenvalue weighted by Gasteiger charge is 2.55. The first-order valence-electron chi connectivity index (χ1n) is 7.26. The van der Waals surface area contributed by atoms with Gasteiger partial charge in [0.05, 0.1) is 12.4 Å². The van der Waals surface area contributed by atoms with Crippen LogP contribution < -0.4 is 11.5 Å². The molecule has 128 valence electrons. The monoisotopic (exact) mass is 350 g/mol. The van der Waals surface area contributed by atoms with Crippen molar-refractivity contribution >= 4 is 29.3 Å². The quantitative estimate of drug-likeness (QED) is 0.357. The fourth-order valence-electron chi connectivity index (χ4n) is 2.89. The van der Waals surface area contributed by atoms with Crippen LogP contribution in [0.4, 0.5) is 5.95 Å². The van der Waals surface area contributed by atoms with E-state index in [1.807, 2.05) is 0 Å². The molecule has 5 atom stereocenters. The lowest BCUT2D eigenvalue weighted by atomic mass is 9.90. The van der Waals surface area contributed by atoms with Crippen LogP contribution in [0, 0.1) is 16.5 Å². The molecule has 0 bridgehead atoms. The molecule has 1 saturated heterocycles. The second-order valence-electron chi connectivity index (χ2n) is 5.72. The average molecular weight is 350 g/mol. The second-order valence-corrected chi connectivity index (χ2v) is 6.13. The Morgan fingerprint density at radius 1 is 1.58 bits per heavy atom. The lowest BCUT2D eigenvalue weighted by Crippen LogP contribution is -2.54. The van der Waals surface area contributed by atoms with Gasteiger partial charge in [-0.1, -0.05) is 18.1 Å². The topological polar surface area (TPSA) is 148 Å². The number of nitrogens with one attached hydrogen (secondary N) is 1. The highest BCUT2D eigenvalue weighted by molar-refractivity contribution is 7.71. The largest absolute Gasteiger partial charge is 0.391 e. The zero-order valence-corrected chi connectivity index (χ0v) is 13.9. The van der Waals surface area contributed by atoms with Crippen LogP contribution in [0.25, 0.3) is 11.2 Å². The van der Waals surface area contributed by atoms with Gasteiger partial charge in [0, 0.05) is 0 Å². The van der Waals surface area contributed by atoms with E-state index in [1.54, 1.807) is 6.92 Å². The SMILES string of the molecule is CC#CC1(N)[C@@H](O)[C@@H]([C@H](C)O)O[C@H]1n1cnc2c(=S)[nH]c(N)nc21. The van der Waals surface area contributed by atoms with E-state index < -0.39 is 30.1 Å². The number of hydrogen-bond acceptors (Lipinski definition) is 8. The number of fused-ring (bicyclic) bond motifs is 1. The maximum atomic E-state index is 10.5. The summed E-state index contributed by atoms with van der Waals surface area (Å²) in [6, 6.07) is 0. The lowest BCUT2D eigenvalue weighted by molar-refractivity contribution is -0.0756. The molecule has 0 radical (unpaired) electrons. The van der Waals surface area contributed by atoms with E-state index in [0.717, 1.165) is 0 Å². The van der Waals surface area contributed by atoms with Crippen LogP contribution in [0.3, 0.4) is 0 Å². The first kappa shape index (κ1) is 16.8. The Labute approximate surface area is 142 Å². The van der Waals surface area contributed by atoms with E-state index >= 15 is 0 Å². The molecule has 0 spiro atoms. The third-order valence-electron chi connectivity index (χ3n) is 4.02. The normalized spacial score (nSPS) is 31.0. The minimum atomic E-state index is -1.46. The Bertz CT molecular complexity index is 897. The molecule has 0 aromatic carbocycles. The van der Waals surface area contributed by atoms with Crippen molar-refractivity contribution in [2.75, 3.05) is 5.73 Å². The molecule has 7 N–H and O–H groups in total. The van der Waals surface area contributed by atoms with E-state index in [2.05, 4.69) is 26.8 Å². The highest BCUT2D eigenvalue weighted by Crippen LogP contribution is 2.39. The summed E-state index contributed by atoms with van der Waals surface area (Å²) in [7, 11) is 0. The molecule has 0 saturated carbocycles. The molecule has 24 heavy (non-hydrogen) atoms. The summed E-state index contributed by atoms with van der Waals surface area (Å²) in [6.45, 7) is 3.11. The molecular formula is C14H18N6O3S. The van der Waals surface area contributed by atoms with Gasteiger partial charge in [0.1, 0.15) is 22.4 Å². The maximum absolute atomic E-state index is 10.5. The standard InChI is InChI=1S/C14H18N6O3S/c1-3-4-14(16)9(22)8(6(2)21)23-12(14)20-5-17-7-10(20)18-13(15)19-11(7)24/h5-6,8-9,12,21-22H,16H2,1-2H3,(H3,15,18,19,24)/t6-,8+,9-,12+,14?/m0/s1. The number of rotatable bonds is 2. The summed E-state index contributed by atoms with van der Waals surface area (Å²) in [6.07, 6.45) is -2.53. The Morgan fingerprint density at radius 3 is 2.92 bits per heavy atom. The number of aliphatic hydroxyl groups excluding tert-OH is 2. The predicted octanol–water partition coefficient (Wildman–Crippen LogP) is -0.569. The molecule has 9 nitrogen and oxygen atoms in total. The first-order valence-corrected chi connectivity index (χ1v) is 7.67. The summed E-state index contributed by atoms with van der Waals surface area (Å²) < 4.78 is 7.65. The van der Waals surface area contributed by atoms with Crippen molar-refractivity contribution in [1.82, 2.24) is 19.5 Å². The predicted molar refractivity (Wildman–Crippen MR) is 89.1 cm³/mol. The number of hydrogen-bond donors (Lipinski definition) is 5. The number of aliphatic hydroxyl groups is 2. The third kappa shape index (κ3) is 2.38. The van der Waals surface area contributed by atoms with Gasteiger partial charge in [-0.05, 0) is 13.8 Å². The van der Waals surface area contributed by atoms with Crippen LogP contribution in [-0.4, -0.2) is 53.6 Å². The van der Waals surface area contributed by atoms with Gasteiger partial charge in [-0.2, -0.15) is 4.98 Å². The molecule has 1 aliphatic rings. The van der Waals surface area contributed by atoms with Crippen LogP contribution >= 0.6 is 12.2 Å². The number of nitrogen functional groups attached to an aromatic ring is 1. The summed E-state index contributed by atoms with van der Waals surface area (Å²) in [4.78, 5) is 11.1. The Hall–Kier alpha value is -2.03. The van der Waals surface area contributed by atoms with Crippen LogP contribution in [-0.2, 0) is 4.74 Å². The zero-order chi connectivity index (χ0) is 17.6. The molecule has 0 aliphatic carbocycles. The van der Waals surface area contributed by atoms with E-state index in [1.165, 1.54) is 17.8 Å². The van der Waals surface area contributed by atoms with Gasteiger partial charge < -0.3 is 31.4 Å². The minimum Gasteiger partial charge on any atom is -0.391 e. The Kier molecular flexibility index (Phi) is 4.06. The molecule has 2 aromatic heterocycles. The molecule has 3 rings (SSSR count). The van der Waals surface area contributed by atoms with Crippen molar-refractivity contribution in [3.63, 3.8) is 0 Å². The summed E-state index contributed by atoms with van der Waals surface area (Å²) >= 11 is 5.18. The first-order chi connectivity index (χ1) is 11.3. The molecule has 3 heterocycles. The molecule has 1 unspecified atom stereocenters. The van der Waals surface area contributed by atoms with E-state index in [-0.39, 0.29) is 5.95 Å². The second kappa shape index (κ2) is 5.80. The average Bonchev–Trinajstić information content (AvgIpc) is 3.00. The van der Waals surface area contributed by atoms with Crippen molar-refractivity contribution in [2.45, 2.75) is 43.9 Å². The fourth-order valence-corrected chi connectivity index (χ4v) is 3.14. The number of anilines is 1. The van der Waals surface area contributed by atoms with Gasteiger partial charge >= 0.3 is 0 Å². The zero-order valence-electron chi connectivity index (χ0n) is 13.1. The van der Waals surface area contributed by atoms with E-state index in [0.29, 0.717) is 15.8 Å². The van der Waals surface area contributed by atoms with E-state index in [9.17, 15) is 10.2 Å². The lowest BCUT2D eigenvalue weighted by Gasteiger charge is -2.27. The number of H-pyrrole nitrogens is 1. The summed E-state index contributed by atoms with van der Waals surface area (Å²) in [5.41, 5.74) is 11.4. The molecule has 0 amide bonds. The van der Waals surface area contributed by atoms with Crippen LogP contribution in [0.2, 0.25) is 0 Å². The van der Waals surface area contributed by atoms with Gasteiger partial charge in [-0.25, -0.2) is 4.98 Å². The number of aromatic amines is 1. The maximum Gasteiger partial charge on any atom is 0.200 e. The molecular weight excluding hydrogens is 332 g/mol.